The van der Waals surface area contributed by atoms with E-state index in [1.807, 2.05) is 31.2 Å². The number of carbonyl (C=O) groups excluding carboxylic acids is 2. The molecule has 0 bridgehead atoms. The van der Waals surface area contributed by atoms with Crippen molar-refractivity contribution < 1.29 is 9.59 Å². The van der Waals surface area contributed by atoms with Crippen LogP contribution in [0, 0.1) is 11.8 Å². The molecule has 2 amide bonds. The predicted molar refractivity (Wildman–Crippen MR) is 77.7 cm³/mol. The van der Waals surface area contributed by atoms with Crippen LogP contribution in [0.5, 0.6) is 0 Å². The van der Waals surface area contributed by atoms with Crippen LogP contribution in [-0.2, 0) is 9.59 Å². The van der Waals surface area contributed by atoms with Gasteiger partial charge in [-0.15, -0.1) is 0 Å². The van der Waals surface area contributed by atoms with Gasteiger partial charge in [0.05, 0.1) is 17.5 Å². The van der Waals surface area contributed by atoms with Crippen molar-refractivity contribution in [1.29, 1.82) is 0 Å². The third-order valence-corrected chi connectivity index (χ3v) is 3.84. The van der Waals surface area contributed by atoms with Crippen molar-refractivity contribution in [3.05, 3.63) is 28.7 Å². The standard InChI is InChI=1S/C14H17BrN2O2/c1-2-7-16-13(18)9-8-10(9)14(19)17-12-6-4-3-5-11(12)15/h3-6,9-10H,2,7-8H2,1H3,(H,16,18)(H,17,19). The van der Waals surface area contributed by atoms with Crippen molar-refractivity contribution in [3.8, 4) is 0 Å². The molecule has 1 aliphatic rings. The number of amides is 2. The van der Waals surface area contributed by atoms with E-state index in [0.29, 0.717) is 13.0 Å². The molecule has 1 saturated carbocycles. The molecule has 0 heterocycles. The Morgan fingerprint density at radius 2 is 1.95 bits per heavy atom. The minimum atomic E-state index is -0.191. The number of rotatable bonds is 5. The van der Waals surface area contributed by atoms with Gasteiger partial charge in [-0.2, -0.15) is 0 Å². The number of benzene rings is 1. The van der Waals surface area contributed by atoms with Crippen LogP contribution in [0.15, 0.2) is 28.7 Å². The average molecular weight is 325 g/mol. The second-order valence-corrected chi connectivity index (χ2v) is 5.56. The second-order valence-electron chi connectivity index (χ2n) is 4.71. The smallest absolute Gasteiger partial charge is 0.228 e. The molecular formula is C14H17BrN2O2. The SMILES string of the molecule is CCCNC(=O)C1CC1C(=O)Nc1ccccc1Br. The molecule has 2 N–H and O–H groups in total. The third kappa shape index (κ3) is 3.56. The Hall–Kier alpha value is -1.36. The molecule has 4 nitrogen and oxygen atoms in total. The Morgan fingerprint density at radius 1 is 1.26 bits per heavy atom. The van der Waals surface area contributed by atoms with E-state index in [1.54, 1.807) is 0 Å². The van der Waals surface area contributed by atoms with Crippen molar-refractivity contribution in [1.82, 2.24) is 5.32 Å². The highest BCUT2D eigenvalue weighted by atomic mass is 79.9. The molecule has 2 unspecified atom stereocenters. The summed E-state index contributed by atoms with van der Waals surface area (Å²) in [6.07, 6.45) is 1.55. The lowest BCUT2D eigenvalue weighted by atomic mass is 10.2. The number of nitrogens with one attached hydrogen (secondary N) is 2. The molecule has 0 aliphatic heterocycles. The van der Waals surface area contributed by atoms with Crippen LogP contribution in [0.25, 0.3) is 0 Å². The Morgan fingerprint density at radius 3 is 2.63 bits per heavy atom. The molecule has 2 atom stereocenters. The number of halogens is 1. The number of anilines is 1. The molecule has 1 aromatic carbocycles. The summed E-state index contributed by atoms with van der Waals surface area (Å²) in [6, 6.07) is 7.45. The van der Waals surface area contributed by atoms with Gasteiger partial charge < -0.3 is 10.6 Å². The maximum atomic E-state index is 12.0. The van der Waals surface area contributed by atoms with Gasteiger partial charge in [-0.1, -0.05) is 19.1 Å². The number of hydrogen-bond acceptors (Lipinski definition) is 2. The van der Waals surface area contributed by atoms with Crippen molar-refractivity contribution in [2.75, 3.05) is 11.9 Å². The van der Waals surface area contributed by atoms with E-state index in [1.165, 1.54) is 0 Å². The lowest BCUT2D eigenvalue weighted by Gasteiger charge is -2.07. The van der Waals surface area contributed by atoms with Crippen molar-refractivity contribution >= 4 is 33.4 Å². The van der Waals surface area contributed by atoms with Crippen LogP contribution < -0.4 is 10.6 Å². The summed E-state index contributed by atoms with van der Waals surface area (Å²) in [5.74, 6) is -0.435. The first-order valence-electron chi connectivity index (χ1n) is 6.46. The van der Waals surface area contributed by atoms with Gasteiger partial charge in [0.1, 0.15) is 0 Å². The summed E-state index contributed by atoms with van der Waals surface area (Å²) in [7, 11) is 0. The summed E-state index contributed by atoms with van der Waals surface area (Å²) in [5, 5.41) is 5.67. The summed E-state index contributed by atoms with van der Waals surface area (Å²) in [5.41, 5.74) is 0.743. The topological polar surface area (TPSA) is 58.2 Å². The Kier molecular flexibility index (Phi) is 4.58. The first-order chi connectivity index (χ1) is 9.13. The normalized spacial score (nSPS) is 20.7. The zero-order valence-electron chi connectivity index (χ0n) is 10.8. The summed E-state index contributed by atoms with van der Waals surface area (Å²) in [4.78, 5) is 23.7. The van der Waals surface area contributed by atoms with Crippen LogP contribution >= 0.6 is 15.9 Å². The Bertz CT molecular complexity index is 490. The highest BCUT2D eigenvalue weighted by Gasteiger charge is 2.47. The molecule has 1 fully saturated rings. The maximum absolute atomic E-state index is 12.0. The van der Waals surface area contributed by atoms with E-state index in [0.717, 1.165) is 16.6 Å². The van der Waals surface area contributed by atoms with Crippen LogP contribution in [0.1, 0.15) is 19.8 Å². The zero-order valence-corrected chi connectivity index (χ0v) is 12.4. The molecule has 1 aliphatic carbocycles. The fourth-order valence-electron chi connectivity index (χ4n) is 1.94. The molecule has 0 saturated heterocycles. The lowest BCUT2D eigenvalue weighted by Crippen LogP contribution is -2.28. The second kappa shape index (κ2) is 6.19. The van der Waals surface area contributed by atoms with Crippen molar-refractivity contribution in [2.45, 2.75) is 19.8 Å². The van der Waals surface area contributed by atoms with Gasteiger partial charge in [0.15, 0.2) is 0 Å². The lowest BCUT2D eigenvalue weighted by molar-refractivity contribution is -0.125. The van der Waals surface area contributed by atoms with Gasteiger partial charge in [-0.3, -0.25) is 9.59 Å². The first-order valence-corrected chi connectivity index (χ1v) is 7.26. The van der Waals surface area contributed by atoms with Crippen LogP contribution in [-0.4, -0.2) is 18.4 Å². The third-order valence-electron chi connectivity index (χ3n) is 3.14. The van der Waals surface area contributed by atoms with Crippen LogP contribution in [0.2, 0.25) is 0 Å². The van der Waals surface area contributed by atoms with Gasteiger partial charge in [0, 0.05) is 11.0 Å². The van der Waals surface area contributed by atoms with Crippen molar-refractivity contribution in [3.63, 3.8) is 0 Å². The quantitative estimate of drug-likeness (QED) is 0.874. The molecule has 0 radical (unpaired) electrons. The number of para-hydroxylation sites is 1. The molecule has 19 heavy (non-hydrogen) atoms. The molecule has 0 spiro atoms. The zero-order chi connectivity index (χ0) is 13.8. The Balaban J connectivity index is 1.86. The molecule has 5 heteroatoms. The average Bonchev–Trinajstić information content (AvgIpc) is 3.19. The van der Waals surface area contributed by atoms with Crippen LogP contribution in [0.4, 0.5) is 5.69 Å². The van der Waals surface area contributed by atoms with Gasteiger partial charge in [-0.25, -0.2) is 0 Å². The van der Waals surface area contributed by atoms with E-state index in [-0.39, 0.29) is 23.7 Å². The molecule has 0 aromatic heterocycles. The molecule has 102 valence electrons. The van der Waals surface area contributed by atoms with E-state index in [4.69, 9.17) is 0 Å². The summed E-state index contributed by atoms with van der Waals surface area (Å²) in [6.45, 7) is 2.68. The van der Waals surface area contributed by atoms with Gasteiger partial charge >= 0.3 is 0 Å². The van der Waals surface area contributed by atoms with E-state index >= 15 is 0 Å². The van der Waals surface area contributed by atoms with E-state index in [2.05, 4.69) is 26.6 Å². The fraction of sp³-hybridized carbons (Fsp3) is 0.429. The summed E-state index contributed by atoms with van der Waals surface area (Å²) < 4.78 is 0.844. The fourth-order valence-corrected chi connectivity index (χ4v) is 2.33. The van der Waals surface area contributed by atoms with E-state index < -0.39 is 0 Å². The molecular weight excluding hydrogens is 308 g/mol. The molecule has 1 aromatic rings. The highest BCUT2D eigenvalue weighted by Crippen LogP contribution is 2.39. The van der Waals surface area contributed by atoms with Gasteiger partial charge in [-0.05, 0) is 40.9 Å². The highest BCUT2D eigenvalue weighted by molar-refractivity contribution is 9.10. The largest absolute Gasteiger partial charge is 0.356 e. The molecule has 2 rings (SSSR count). The van der Waals surface area contributed by atoms with Gasteiger partial charge in [0.25, 0.3) is 0 Å². The summed E-state index contributed by atoms with van der Waals surface area (Å²) >= 11 is 3.38. The van der Waals surface area contributed by atoms with Crippen molar-refractivity contribution in [2.24, 2.45) is 11.8 Å². The van der Waals surface area contributed by atoms with E-state index in [9.17, 15) is 9.59 Å². The maximum Gasteiger partial charge on any atom is 0.228 e. The Labute approximate surface area is 121 Å². The van der Waals surface area contributed by atoms with Crippen LogP contribution in [0.3, 0.4) is 0 Å². The number of carbonyl (C=O) groups is 2. The monoisotopic (exact) mass is 324 g/mol. The van der Waals surface area contributed by atoms with Gasteiger partial charge in [0.2, 0.25) is 11.8 Å². The minimum absolute atomic E-state index is 0.00544. The minimum Gasteiger partial charge on any atom is -0.356 e. The number of hydrogen-bond donors (Lipinski definition) is 2. The first kappa shape index (κ1) is 14.1. The predicted octanol–water partition coefficient (Wildman–Crippen LogP) is 2.55.